The molecule has 1 aliphatic heterocycles. The first-order valence-corrected chi connectivity index (χ1v) is 5.50. The van der Waals surface area contributed by atoms with Crippen molar-refractivity contribution < 1.29 is 4.70 Å². The molecular formula is C12H15BN2O. The molecule has 1 heterocycles. The number of nitrogens with zero attached hydrogens (tertiary/aromatic N) is 2. The summed E-state index contributed by atoms with van der Waals surface area (Å²) in [5.41, 5.74) is 2.33. The predicted molar refractivity (Wildman–Crippen MR) is 67.5 cm³/mol. The first kappa shape index (κ1) is 10.9. The molecule has 0 atom stereocenters. The second kappa shape index (κ2) is 4.97. The minimum atomic E-state index is 0.471. The Hall–Kier alpha value is -1.58. The summed E-state index contributed by atoms with van der Waals surface area (Å²) in [4.78, 5) is 4.39. The third-order valence-corrected chi connectivity index (χ3v) is 2.85. The van der Waals surface area contributed by atoms with Crippen LogP contribution in [0.15, 0.2) is 36.9 Å². The molecule has 0 aromatic heterocycles. The van der Waals surface area contributed by atoms with Gasteiger partial charge < -0.3 is 0 Å². The normalized spacial score (nSPS) is 14.2. The van der Waals surface area contributed by atoms with Crippen molar-refractivity contribution in [3.05, 3.63) is 36.9 Å². The van der Waals surface area contributed by atoms with Gasteiger partial charge in [-0.2, -0.15) is 0 Å². The second-order valence-electron chi connectivity index (χ2n) is 3.84. The fraction of sp³-hybridized carbons (Fsp3) is 0.333. The Bertz CT molecular complexity index is 357. The molecule has 0 unspecified atom stereocenters. The van der Waals surface area contributed by atoms with Crippen LogP contribution in [0.5, 0.6) is 0 Å². The molecule has 0 N–H and O–H groups in total. The van der Waals surface area contributed by atoms with E-state index in [4.69, 9.17) is 0 Å². The summed E-state index contributed by atoms with van der Waals surface area (Å²) in [5, 5.41) is 0. The Morgan fingerprint density at radius 1 is 1.25 bits per heavy atom. The number of hydrogen-bond acceptors (Lipinski definition) is 3. The summed E-state index contributed by atoms with van der Waals surface area (Å²) in [7, 11) is 0.958. The number of para-hydroxylation sites is 2. The van der Waals surface area contributed by atoms with Gasteiger partial charge in [-0.05, 0) is 0 Å². The van der Waals surface area contributed by atoms with Crippen molar-refractivity contribution >= 4 is 18.5 Å². The van der Waals surface area contributed by atoms with Crippen LogP contribution in [0.1, 0.15) is 0 Å². The molecule has 3 nitrogen and oxygen atoms in total. The summed E-state index contributed by atoms with van der Waals surface area (Å²) in [6, 6.07) is 8.19. The van der Waals surface area contributed by atoms with Gasteiger partial charge in [0.25, 0.3) is 0 Å². The zero-order chi connectivity index (χ0) is 11.4. The summed E-state index contributed by atoms with van der Waals surface area (Å²) in [6.45, 7) is 6.46. The topological polar surface area (TPSA) is 23.6 Å². The second-order valence-corrected chi connectivity index (χ2v) is 3.84. The van der Waals surface area contributed by atoms with Crippen molar-refractivity contribution in [3.8, 4) is 0 Å². The number of rotatable bonds is 4. The van der Waals surface area contributed by atoms with Crippen molar-refractivity contribution in [2.45, 2.75) is 0 Å². The Labute approximate surface area is 96.6 Å². The average Bonchev–Trinajstić information content (AvgIpc) is 2.33. The third kappa shape index (κ3) is 2.01. The molecule has 0 spiro atoms. The van der Waals surface area contributed by atoms with Gasteiger partial charge in [0, 0.05) is 0 Å². The Kier molecular flexibility index (Phi) is 3.39. The molecule has 1 aromatic rings. The van der Waals surface area contributed by atoms with E-state index in [1.54, 1.807) is 0 Å². The van der Waals surface area contributed by atoms with Crippen LogP contribution in [0.2, 0.25) is 0 Å². The maximum absolute atomic E-state index is 10.6. The fourth-order valence-electron chi connectivity index (χ4n) is 2.11. The van der Waals surface area contributed by atoms with E-state index < -0.39 is 0 Å². The molecule has 0 radical (unpaired) electrons. The van der Waals surface area contributed by atoms with E-state index >= 15 is 0 Å². The monoisotopic (exact) mass is 214 g/mol. The van der Waals surface area contributed by atoms with E-state index in [1.165, 1.54) is 5.69 Å². The SMILES string of the molecule is C=CCN1CCN(CB=O)c2ccccc21. The average molecular weight is 214 g/mol. The minimum absolute atomic E-state index is 0.471. The van der Waals surface area contributed by atoms with E-state index in [-0.39, 0.29) is 0 Å². The van der Waals surface area contributed by atoms with Crippen LogP contribution in [0.4, 0.5) is 11.4 Å². The molecule has 1 aliphatic rings. The van der Waals surface area contributed by atoms with Crippen molar-refractivity contribution in [3.63, 3.8) is 0 Å². The summed E-state index contributed by atoms with van der Waals surface area (Å²) >= 11 is 0. The molecular weight excluding hydrogens is 199 g/mol. The molecule has 82 valence electrons. The van der Waals surface area contributed by atoms with Crippen molar-refractivity contribution in [2.75, 3.05) is 35.9 Å². The van der Waals surface area contributed by atoms with Gasteiger partial charge in [0.2, 0.25) is 0 Å². The van der Waals surface area contributed by atoms with Crippen molar-refractivity contribution in [1.82, 2.24) is 0 Å². The molecule has 0 fully saturated rings. The Morgan fingerprint density at radius 3 is 2.50 bits per heavy atom. The van der Waals surface area contributed by atoms with Crippen LogP contribution >= 0.6 is 0 Å². The number of anilines is 2. The van der Waals surface area contributed by atoms with E-state index in [2.05, 4.69) is 28.5 Å². The third-order valence-electron chi connectivity index (χ3n) is 2.85. The molecule has 0 saturated heterocycles. The summed E-state index contributed by atoms with van der Waals surface area (Å²) in [5.74, 6) is 0. The van der Waals surface area contributed by atoms with Gasteiger partial charge in [0.15, 0.2) is 0 Å². The number of benzene rings is 1. The first-order valence-electron chi connectivity index (χ1n) is 5.50. The van der Waals surface area contributed by atoms with E-state index in [0.717, 1.165) is 32.5 Å². The van der Waals surface area contributed by atoms with Gasteiger partial charge >= 0.3 is 96.0 Å². The molecule has 0 aliphatic carbocycles. The molecule has 0 amide bonds. The number of fused-ring (bicyclic) bond motifs is 1. The fourth-order valence-corrected chi connectivity index (χ4v) is 2.11. The molecule has 1 aromatic carbocycles. The van der Waals surface area contributed by atoms with Crippen LogP contribution in [-0.2, 0) is 4.70 Å². The zero-order valence-corrected chi connectivity index (χ0v) is 9.30. The van der Waals surface area contributed by atoms with Gasteiger partial charge in [0.05, 0.1) is 0 Å². The van der Waals surface area contributed by atoms with Gasteiger partial charge in [0.1, 0.15) is 0 Å². The quantitative estimate of drug-likeness (QED) is 0.560. The number of hydrogen-bond donors (Lipinski definition) is 0. The van der Waals surface area contributed by atoms with E-state index in [1.807, 2.05) is 18.2 Å². The van der Waals surface area contributed by atoms with Crippen LogP contribution in [-0.4, -0.2) is 33.2 Å². The molecule has 0 saturated carbocycles. The molecule has 4 heteroatoms. The molecule has 2 rings (SSSR count). The first-order chi connectivity index (χ1) is 7.86. The van der Waals surface area contributed by atoms with Crippen LogP contribution in [0.3, 0.4) is 0 Å². The van der Waals surface area contributed by atoms with E-state index in [0.29, 0.717) is 6.44 Å². The van der Waals surface area contributed by atoms with Crippen LogP contribution < -0.4 is 9.80 Å². The van der Waals surface area contributed by atoms with Crippen LogP contribution in [0.25, 0.3) is 0 Å². The van der Waals surface area contributed by atoms with E-state index in [9.17, 15) is 4.70 Å². The zero-order valence-electron chi connectivity index (χ0n) is 9.30. The van der Waals surface area contributed by atoms with Crippen molar-refractivity contribution in [2.24, 2.45) is 0 Å². The summed E-state index contributed by atoms with van der Waals surface area (Å²) in [6.07, 6.45) is 2.38. The molecule has 0 bridgehead atoms. The predicted octanol–water partition coefficient (Wildman–Crippen LogP) is 1.51. The summed E-state index contributed by atoms with van der Waals surface area (Å²) < 4.78 is 10.6. The van der Waals surface area contributed by atoms with Gasteiger partial charge in [-0.1, -0.05) is 0 Å². The van der Waals surface area contributed by atoms with Crippen molar-refractivity contribution in [1.29, 1.82) is 0 Å². The maximum atomic E-state index is 10.6. The standard InChI is InChI=1S/C12H15BN2O/c1-2-7-14-8-9-15(10-13-16)12-6-4-3-5-11(12)14/h2-6H,1,7-10H2. The Morgan fingerprint density at radius 2 is 1.88 bits per heavy atom. The Balaban J connectivity index is 2.31. The molecule has 16 heavy (non-hydrogen) atoms. The van der Waals surface area contributed by atoms with Gasteiger partial charge in [-0.25, -0.2) is 0 Å². The van der Waals surface area contributed by atoms with Gasteiger partial charge in [-0.15, -0.1) is 0 Å². The van der Waals surface area contributed by atoms with Gasteiger partial charge in [-0.3, -0.25) is 0 Å². The van der Waals surface area contributed by atoms with Crippen LogP contribution in [0, 0.1) is 0 Å².